The van der Waals surface area contributed by atoms with E-state index in [0.717, 1.165) is 5.56 Å². The maximum Gasteiger partial charge on any atom is 0.317 e. The minimum atomic E-state index is -1.44. The minimum Gasteiger partial charge on any atom is -0.459 e. The Morgan fingerprint density at radius 1 is 1.38 bits per heavy atom. The molecular weight excluding hydrogens is 309 g/mol. The number of likely N-dealkylation sites (tertiary alicyclic amines) is 1. The number of amides is 1. The standard InChI is InChI=1S/C19H26FNO3/c1-13-16(22)21(14(2)15-9-7-6-8-10-15)12-19(13,11-20)17(23)24-18(3,4)5/h6-10,13-14H,11-12H2,1-5H3/t13?,14-,19-/m1/s1. The number of halogens is 1. The van der Waals surface area contributed by atoms with Gasteiger partial charge in [-0.1, -0.05) is 37.3 Å². The highest BCUT2D eigenvalue weighted by Gasteiger charge is 2.57. The molecule has 1 unspecified atom stereocenters. The molecule has 4 nitrogen and oxygen atoms in total. The van der Waals surface area contributed by atoms with E-state index >= 15 is 0 Å². The van der Waals surface area contributed by atoms with Gasteiger partial charge in [0.2, 0.25) is 5.91 Å². The summed E-state index contributed by atoms with van der Waals surface area (Å²) in [6.45, 7) is 7.85. The molecule has 0 N–H and O–H groups in total. The van der Waals surface area contributed by atoms with Gasteiger partial charge in [-0.25, -0.2) is 4.39 Å². The molecule has 1 aliphatic heterocycles. The zero-order chi connectivity index (χ0) is 18.1. The first-order valence-electron chi connectivity index (χ1n) is 8.27. The van der Waals surface area contributed by atoms with Gasteiger partial charge in [0.15, 0.2) is 0 Å². The van der Waals surface area contributed by atoms with Crippen LogP contribution in [0.2, 0.25) is 0 Å². The first-order valence-corrected chi connectivity index (χ1v) is 8.27. The number of hydrogen-bond donors (Lipinski definition) is 0. The second-order valence-corrected chi connectivity index (χ2v) is 7.57. The lowest BCUT2D eigenvalue weighted by Gasteiger charge is -2.31. The summed E-state index contributed by atoms with van der Waals surface area (Å²) in [4.78, 5) is 26.9. The number of benzene rings is 1. The van der Waals surface area contributed by atoms with Crippen LogP contribution in [-0.2, 0) is 14.3 Å². The molecular formula is C19H26FNO3. The summed E-state index contributed by atoms with van der Waals surface area (Å²) in [5.41, 5.74) is -1.20. The molecule has 0 bridgehead atoms. The van der Waals surface area contributed by atoms with Crippen LogP contribution in [0.1, 0.15) is 46.2 Å². The number of esters is 1. The Morgan fingerprint density at radius 2 is 1.96 bits per heavy atom. The van der Waals surface area contributed by atoms with Crippen LogP contribution in [0.5, 0.6) is 0 Å². The maximum atomic E-state index is 14.0. The van der Waals surface area contributed by atoms with Crippen molar-refractivity contribution in [2.75, 3.05) is 13.2 Å². The summed E-state index contributed by atoms with van der Waals surface area (Å²) in [6.07, 6.45) is 0. The van der Waals surface area contributed by atoms with Crippen molar-refractivity contribution in [2.24, 2.45) is 11.3 Å². The van der Waals surface area contributed by atoms with E-state index in [1.807, 2.05) is 37.3 Å². The van der Waals surface area contributed by atoms with Gasteiger partial charge in [0, 0.05) is 6.54 Å². The normalized spacial score (nSPS) is 25.7. The molecule has 0 aliphatic carbocycles. The van der Waals surface area contributed by atoms with Crippen molar-refractivity contribution in [1.29, 1.82) is 0 Å². The number of rotatable bonds is 4. The Bertz CT molecular complexity index is 611. The summed E-state index contributed by atoms with van der Waals surface area (Å²) >= 11 is 0. The zero-order valence-electron chi connectivity index (χ0n) is 15.0. The molecule has 3 atom stereocenters. The highest BCUT2D eigenvalue weighted by molar-refractivity contribution is 5.92. The number of alkyl halides is 1. The summed E-state index contributed by atoms with van der Waals surface area (Å²) in [6, 6.07) is 9.31. The largest absolute Gasteiger partial charge is 0.459 e. The second kappa shape index (κ2) is 6.54. The predicted molar refractivity (Wildman–Crippen MR) is 90.0 cm³/mol. The van der Waals surface area contributed by atoms with Crippen LogP contribution in [0.4, 0.5) is 4.39 Å². The van der Waals surface area contributed by atoms with Gasteiger partial charge in [-0.3, -0.25) is 9.59 Å². The molecule has 0 radical (unpaired) electrons. The lowest BCUT2D eigenvalue weighted by Crippen LogP contribution is -2.44. The zero-order valence-corrected chi connectivity index (χ0v) is 15.0. The third-order valence-electron chi connectivity index (χ3n) is 4.73. The third kappa shape index (κ3) is 3.30. The molecule has 1 heterocycles. The van der Waals surface area contributed by atoms with E-state index in [-0.39, 0.29) is 18.5 Å². The molecule has 1 amide bonds. The van der Waals surface area contributed by atoms with E-state index in [9.17, 15) is 14.0 Å². The lowest BCUT2D eigenvalue weighted by atomic mass is 9.80. The molecule has 0 saturated carbocycles. The molecule has 132 valence electrons. The smallest absolute Gasteiger partial charge is 0.317 e. The molecule has 5 heteroatoms. The molecule has 2 rings (SSSR count). The average molecular weight is 335 g/mol. The highest BCUT2D eigenvalue weighted by atomic mass is 19.1. The quantitative estimate of drug-likeness (QED) is 0.791. The Hall–Kier alpha value is -1.91. The number of ether oxygens (including phenoxy) is 1. The minimum absolute atomic E-state index is 0.0362. The van der Waals surface area contributed by atoms with Gasteiger partial charge in [0.25, 0.3) is 0 Å². The summed E-state index contributed by atoms with van der Waals surface area (Å²) in [5.74, 6) is -1.60. The van der Waals surface area contributed by atoms with Crippen LogP contribution in [0, 0.1) is 11.3 Å². The van der Waals surface area contributed by atoms with Crippen LogP contribution in [-0.4, -0.2) is 35.6 Å². The van der Waals surface area contributed by atoms with Crippen molar-refractivity contribution in [2.45, 2.75) is 46.3 Å². The van der Waals surface area contributed by atoms with E-state index < -0.39 is 29.6 Å². The van der Waals surface area contributed by atoms with E-state index in [4.69, 9.17) is 4.74 Å². The first-order chi connectivity index (χ1) is 11.1. The summed E-state index contributed by atoms with van der Waals surface area (Å²) < 4.78 is 19.4. The first kappa shape index (κ1) is 18.4. The Labute approximate surface area is 143 Å². The van der Waals surface area contributed by atoms with Gasteiger partial charge in [0.05, 0.1) is 12.0 Å². The molecule has 0 aromatic heterocycles. The van der Waals surface area contributed by atoms with Gasteiger partial charge >= 0.3 is 5.97 Å². The number of carbonyl (C=O) groups excluding carboxylic acids is 2. The SMILES string of the molecule is CC1C(=O)N([C@H](C)c2ccccc2)C[C@@]1(CF)C(=O)OC(C)(C)C. The van der Waals surface area contributed by atoms with Gasteiger partial charge in [0.1, 0.15) is 17.7 Å². The van der Waals surface area contributed by atoms with Crippen molar-refractivity contribution in [3.05, 3.63) is 35.9 Å². The number of carbonyl (C=O) groups is 2. The molecule has 1 aromatic carbocycles. The molecule has 24 heavy (non-hydrogen) atoms. The predicted octanol–water partition coefficient (Wildman–Crippen LogP) is 3.52. The van der Waals surface area contributed by atoms with E-state index in [0.29, 0.717) is 0 Å². The summed E-state index contributed by atoms with van der Waals surface area (Å²) in [7, 11) is 0. The monoisotopic (exact) mass is 335 g/mol. The van der Waals surface area contributed by atoms with Crippen LogP contribution in [0.15, 0.2) is 30.3 Å². The van der Waals surface area contributed by atoms with Crippen molar-refractivity contribution < 1.29 is 18.7 Å². The number of nitrogens with zero attached hydrogens (tertiary/aromatic N) is 1. The lowest BCUT2D eigenvalue weighted by molar-refractivity contribution is -0.171. The highest BCUT2D eigenvalue weighted by Crippen LogP contribution is 2.42. The van der Waals surface area contributed by atoms with E-state index in [2.05, 4.69) is 0 Å². The number of hydrogen-bond acceptors (Lipinski definition) is 3. The van der Waals surface area contributed by atoms with E-state index in [1.54, 1.807) is 32.6 Å². The molecule has 1 fully saturated rings. The van der Waals surface area contributed by atoms with Gasteiger partial charge in [-0.15, -0.1) is 0 Å². The van der Waals surface area contributed by atoms with Crippen molar-refractivity contribution in [3.8, 4) is 0 Å². The second-order valence-electron chi connectivity index (χ2n) is 7.57. The molecule has 1 aromatic rings. The van der Waals surface area contributed by atoms with Crippen LogP contribution in [0.25, 0.3) is 0 Å². The fourth-order valence-corrected chi connectivity index (χ4v) is 3.08. The topological polar surface area (TPSA) is 46.6 Å². The fraction of sp³-hybridized carbons (Fsp3) is 0.579. The average Bonchev–Trinajstić information content (AvgIpc) is 2.79. The molecule has 0 spiro atoms. The maximum absolute atomic E-state index is 14.0. The van der Waals surface area contributed by atoms with Gasteiger partial charge in [-0.05, 0) is 33.3 Å². The van der Waals surface area contributed by atoms with Gasteiger partial charge < -0.3 is 9.64 Å². The van der Waals surface area contributed by atoms with Crippen molar-refractivity contribution in [3.63, 3.8) is 0 Å². The van der Waals surface area contributed by atoms with Crippen molar-refractivity contribution in [1.82, 2.24) is 4.90 Å². The fourth-order valence-electron chi connectivity index (χ4n) is 3.08. The van der Waals surface area contributed by atoms with Crippen molar-refractivity contribution >= 4 is 11.9 Å². The Balaban J connectivity index is 2.30. The van der Waals surface area contributed by atoms with Crippen LogP contribution < -0.4 is 0 Å². The summed E-state index contributed by atoms with van der Waals surface area (Å²) in [5, 5.41) is 0. The van der Waals surface area contributed by atoms with Crippen LogP contribution in [0.3, 0.4) is 0 Å². The third-order valence-corrected chi connectivity index (χ3v) is 4.73. The Kier molecular flexibility index (Phi) is 5.02. The molecule has 1 saturated heterocycles. The van der Waals surface area contributed by atoms with Crippen LogP contribution >= 0.6 is 0 Å². The molecule has 1 aliphatic rings. The Morgan fingerprint density at radius 3 is 2.46 bits per heavy atom. The van der Waals surface area contributed by atoms with Gasteiger partial charge in [-0.2, -0.15) is 0 Å². The van der Waals surface area contributed by atoms with E-state index in [1.165, 1.54) is 0 Å².